The lowest BCUT2D eigenvalue weighted by Crippen LogP contribution is -2.39. The Balaban J connectivity index is 2.55. The van der Waals surface area contributed by atoms with Crippen molar-refractivity contribution in [2.75, 3.05) is 13.2 Å². The van der Waals surface area contributed by atoms with E-state index in [9.17, 15) is 0 Å². The molecule has 0 spiro atoms. The van der Waals surface area contributed by atoms with Crippen molar-refractivity contribution >= 4 is 0 Å². The summed E-state index contributed by atoms with van der Waals surface area (Å²) in [5.74, 6) is 0. The largest absolute Gasteiger partial charge is 0.395 e. The quantitative estimate of drug-likeness (QED) is 0.481. The van der Waals surface area contributed by atoms with Crippen LogP contribution in [0.25, 0.3) is 0 Å². The molecule has 1 rings (SSSR count). The Kier molecular flexibility index (Phi) is 4.13. The molecule has 0 saturated heterocycles. The number of aliphatic hydroxyl groups excluding tert-OH is 1. The molecule has 14 heavy (non-hydrogen) atoms. The van der Waals surface area contributed by atoms with Gasteiger partial charge in [-0.3, -0.25) is 5.43 Å². The lowest BCUT2D eigenvalue weighted by atomic mass is 10.4. The molecule has 0 amide bonds. The van der Waals surface area contributed by atoms with Gasteiger partial charge in [0, 0.05) is 17.9 Å². The van der Waals surface area contributed by atoms with Crippen molar-refractivity contribution in [2.24, 2.45) is 0 Å². The Morgan fingerprint density at radius 3 is 2.43 bits per heavy atom. The fraction of sp³-hybridized carbons (Fsp3) is 0.600. The zero-order valence-electron chi connectivity index (χ0n) is 9.04. The van der Waals surface area contributed by atoms with Gasteiger partial charge in [-0.25, -0.2) is 5.43 Å². The summed E-state index contributed by atoms with van der Waals surface area (Å²) in [6.45, 7) is 6.94. The second-order valence-electron chi connectivity index (χ2n) is 3.46. The van der Waals surface area contributed by atoms with Gasteiger partial charge in [-0.15, -0.1) is 0 Å². The molecular formula is C10H19N3O. The molecule has 0 fully saturated rings. The van der Waals surface area contributed by atoms with E-state index in [4.69, 9.17) is 5.11 Å². The van der Waals surface area contributed by atoms with E-state index in [2.05, 4.69) is 48.3 Å². The maximum absolute atomic E-state index is 8.61. The summed E-state index contributed by atoms with van der Waals surface area (Å²) in [5.41, 5.74) is 8.54. The number of aliphatic hydroxyl groups is 1. The molecule has 4 heteroatoms. The van der Waals surface area contributed by atoms with E-state index in [1.165, 1.54) is 11.4 Å². The van der Waals surface area contributed by atoms with E-state index >= 15 is 0 Å². The van der Waals surface area contributed by atoms with Gasteiger partial charge in [0.2, 0.25) is 0 Å². The lowest BCUT2D eigenvalue weighted by Gasteiger charge is -2.20. The number of hydrogen-bond acceptors (Lipinski definition) is 3. The van der Waals surface area contributed by atoms with Gasteiger partial charge >= 0.3 is 0 Å². The number of nitrogens with one attached hydrogen (secondary N) is 2. The van der Waals surface area contributed by atoms with Gasteiger partial charge < -0.3 is 9.67 Å². The highest BCUT2D eigenvalue weighted by Crippen LogP contribution is 2.12. The fourth-order valence-corrected chi connectivity index (χ4v) is 1.63. The molecule has 4 nitrogen and oxygen atoms in total. The number of aromatic nitrogens is 1. The van der Waals surface area contributed by atoms with E-state index in [1.807, 2.05) is 0 Å². The lowest BCUT2D eigenvalue weighted by molar-refractivity contribution is 0.267. The second-order valence-corrected chi connectivity index (χ2v) is 3.46. The van der Waals surface area contributed by atoms with Gasteiger partial charge in [0.25, 0.3) is 0 Å². The van der Waals surface area contributed by atoms with E-state index in [0.29, 0.717) is 6.54 Å². The van der Waals surface area contributed by atoms with E-state index in [0.717, 1.165) is 0 Å². The zero-order chi connectivity index (χ0) is 10.6. The molecule has 3 N–H and O–H groups in total. The van der Waals surface area contributed by atoms with Crippen molar-refractivity contribution in [1.29, 1.82) is 0 Å². The summed E-state index contributed by atoms with van der Waals surface area (Å²) in [5, 5.41) is 8.61. The summed E-state index contributed by atoms with van der Waals surface area (Å²) in [6, 6.07) is 4.19. The first kappa shape index (κ1) is 11.2. The third kappa shape index (κ3) is 2.57. The monoisotopic (exact) mass is 197 g/mol. The molecule has 0 radical (unpaired) electrons. The van der Waals surface area contributed by atoms with Crippen LogP contribution in [0.3, 0.4) is 0 Å². The fourth-order valence-electron chi connectivity index (χ4n) is 1.63. The van der Waals surface area contributed by atoms with Crippen LogP contribution in [0.2, 0.25) is 0 Å². The molecule has 1 heterocycles. The minimum Gasteiger partial charge on any atom is -0.395 e. The average molecular weight is 197 g/mol. The Hall–Kier alpha value is -0.840. The van der Waals surface area contributed by atoms with Gasteiger partial charge in [-0.05, 0) is 32.9 Å². The molecule has 1 atom stereocenters. The Morgan fingerprint density at radius 1 is 1.36 bits per heavy atom. The molecule has 80 valence electrons. The molecule has 0 aliphatic carbocycles. The standard InChI is InChI=1S/C10H19N3O/c1-8-4-5-9(2)13(8)10(3)12-11-6-7-14/h4-5,10-12,14H,6-7H2,1-3H3. The molecule has 1 aromatic rings. The van der Waals surface area contributed by atoms with E-state index in [-0.39, 0.29) is 12.8 Å². The highest BCUT2D eigenvalue weighted by Gasteiger charge is 2.07. The third-order valence-electron chi connectivity index (χ3n) is 2.26. The Morgan fingerprint density at radius 2 is 1.93 bits per heavy atom. The summed E-state index contributed by atoms with van der Waals surface area (Å²) in [7, 11) is 0. The number of nitrogens with zero attached hydrogens (tertiary/aromatic N) is 1. The molecule has 0 saturated carbocycles. The van der Waals surface area contributed by atoms with Crippen molar-refractivity contribution < 1.29 is 5.11 Å². The van der Waals surface area contributed by atoms with Crippen LogP contribution >= 0.6 is 0 Å². The number of aryl methyl sites for hydroxylation is 2. The van der Waals surface area contributed by atoms with Crippen molar-refractivity contribution in [2.45, 2.75) is 26.9 Å². The van der Waals surface area contributed by atoms with Crippen LogP contribution < -0.4 is 10.9 Å². The van der Waals surface area contributed by atoms with Crippen LogP contribution in [-0.4, -0.2) is 22.8 Å². The van der Waals surface area contributed by atoms with Gasteiger partial charge in [0.1, 0.15) is 0 Å². The average Bonchev–Trinajstić information content (AvgIpc) is 2.46. The molecule has 1 aromatic heterocycles. The van der Waals surface area contributed by atoms with Crippen molar-refractivity contribution in [3.05, 3.63) is 23.5 Å². The van der Waals surface area contributed by atoms with Crippen LogP contribution in [-0.2, 0) is 0 Å². The molecule has 1 unspecified atom stereocenters. The second kappa shape index (κ2) is 5.14. The number of rotatable bonds is 5. The van der Waals surface area contributed by atoms with Gasteiger partial charge in [0.05, 0.1) is 12.8 Å². The SMILES string of the molecule is Cc1ccc(C)n1C(C)NNCCO. The third-order valence-corrected chi connectivity index (χ3v) is 2.26. The minimum absolute atomic E-state index is 0.142. The van der Waals surface area contributed by atoms with Gasteiger partial charge in [0.15, 0.2) is 0 Å². The summed E-state index contributed by atoms with van der Waals surface area (Å²) < 4.78 is 2.20. The minimum atomic E-state index is 0.142. The predicted octanol–water partition coefficient (Wildman–Crippen LogP) is 0.710. The van der Waals surface area contributed by atoms with Crippen molar-refractivity contribution in [1.82, 2.24) is 15.4 Å². The summed E-state index contributed by atoms with van der Waals surface area (Å²) in [6.07, 6.45) is 0.191. The topological polar surface area (TPSA) is 49.2 Å². The van der Waals surface area contributed by atoms with Crippen LogP contribution in [0.5, 0.6) is 0 Å². The highest BCUT2D eigenvalue weighted by molar-refractivity contribution is 5.14. The Labute approximate surface area is 84.9 Å². The molecule has 0 aliphatic heterocycles. The molecular weight excluding hydrogens is 178 g/mol. The van der Waals surface area contributed by atoms with Crippen LogP contribution in [0.15, 0.2) is 12.1 Å². The summed E-state index contributed by atoms with van der Waals surface area (Å²) in [4.78, 5) is 0. The first-order chi connectivity index (χ1) is 6.66. The molecule has 0 aromatic carbocycles. The van der Waals surface area contributed by atoms with Crippen LogP contribution in [0.4, 0.5) is 0 Å². The number of hydrogen-bond donors (Lipinski definition) is 3. The highest BCUT2D eigenvalue weighted by atomic mass is 16.3. The smallest absolute Gasteiger partial charge is 0.0935 e. The van der Waals surface area contributed by atoms with E-state index in [1.54, 1.807) is 0 Å². The Bertz CT molecular complexity index is 263. The van der Waals surface area contributed by atoms with Crippen molar-refractivity contribution in [3.63, 3.8) is 0 Å². The first-order valence-corrected chi connectivity index (χ1v) is 4.90. The normalized spacial score (nSPS) is 13.1. The molecule has 0 aliphatic rings. The van der Waals surface area contributed by atoms with Gasteiger partial charge in [-0.2, -0.15) is 0 Å². The maximum Gasteiger partial charge on any atom is 0.0935 e. The maximum atomic E-state index is 8.61. The first-order valence-electron chi connectivity index (χ1n) is 4.90. The molecule has 0 bridgehead atoms. The zero-order valence-corrected chi connectivity index (χ0v) is 9.04. The van der Waals surface area contributed by atoms with E-state index < -0.39 is 0 Å². The van der Waals surface area contributed by atoms with Crippen LogP contribution in [0, 0.1) is 13.8 Å². The summed E-state index contributed by atoms with van der Waals surface area (Å²) >= 11 is 0. The number of hydrazine groups is 1. The van der Waals surface area contributed by atoms with Crippen LogP contribution in [0.1, 0.15) is 24.5 Å². The van der Waals surface area contributed by atoms with Gasteiger partial charge in [-0.1, -0.05) is 0 Å². The predicted molar refractivity (Wildman–Crippen MR) is 56.8 cm³/mol. The van der Waals surface area contributed by atoms with Crippen molar-refractivity contribution in [3.8, 4) is 0 Å².